The van der Waals surface area contributed by atoms with Crippen molar-refractivity contribution in [3.05, 3.63) is 59.9 Å². The molecule has 10 heteroatoms. The second kappa shape index (κ2) is 7.53. The molecular formula is C19H21FN6O2S. The van der Waals surface area contributed by atoms with Crippen molar-refractivity contribution in [2.45, 2.75) is 18.7 Å². The van der Waals surface area contributed by atoms with Crippen LogP contribution in [0.1, 0.15) is 11.4 Å². The molecule has 0 N–H and O–H groups in total. The number of benzene rings is 1. The number of piperazine rings is 1. The van der Waals surface area contributed by atoms with Gasteiger partial charge in [-0.1, -0.05) is 6.07 Å². The first kappa shape index (κ1) is 19.5. The Hall–Kier alpha value is -2.85. The lowest BCUT2D eigenvalue weighted by Gasteiger charge is -2.34. The Morgan fingerprint density at radius 1 is 0.966 bits per heavy atom. The zero-order chi connectivity index (χ0) is 20.6. The first-order valence-corrected chi connectivity index (χ1v) is 10.6. The van der Waals surface area contributed by atoms with Crippen molar-refractivity contribution in [1.82, 2.24) is 24.1 Å². The van der Waals surface area contributed by atoms with Gasteiger partial charge in [-0.2, -0.15) is 9.40 Å². The van der Waals surface area contributed by atoms with Gasteiger partial charge in [-0.3, -0.25) is 0 Å². The molecule has 0 atom stereocenters. The molecule has 1 fully saturated rings. The fraction of sp³-hybridized carbons (Fsp3) is 0.316. The van der Waals surface area contributed by atoms with Crippen molar-refractivity contribution in [1.29, 1.82) is 0 Å². The van der Waals surface area contributed by atoms with Gasteiger partial charge < -0.3 is 4.90 Å². The Kier molecular flexibility index (Phi) is 5.05. The molecule has 1 aliphatic heterocycles. The number of halogens is 1. The lowest BCUT2D eigenvalue weighted by molar-refractivity contribution is 0.383. The first-order chi connectivity index (χ1) is 13.8. The molecule has 1 saturated heterocycles. The number of anilines is 1. The maximum absolute atomic E-state index is 13.4. The van der Waals surface area contributed by atoms with Gasteiger partial charge >= 0.3 is 0 Å². The first-order valence-electron chi connectivity index (χ1n) is 9.21. The molecule has 8 nitrogen and oxygen atoms in total. The van der Waals surface area contributed by atoms with Crippen molar-refractivity contribution in [3.8, 4) is 5.82 Å². The number of hydrogen-bond donors (Lipinski definition) is 0. The molecule has 152 valence electrons. The highest BCUT2D eigenvalue weighted by atomic mass is 32.2. The molecule has 0 saturated carbocycles. The minimum Gasteiger partial charge on any atom is -0.354 e. The minimum atomic E-state index is -3.72. The summed E-state index contributed by atoms with van der Waals surface area (Å²) < 4.78 is 42.1. The van der Waals surface area contributed by atoms with Crippen LogP contribution in [0.3, 0.4) is 0 Å². The Labute approximate surface area is 168 Å². The van der Waals surface area contributed by atoms with Gasteiger partial charge in [0.05, 0.1) is 10.6 Å². The van der Waals surface area contributed by atoms with Crippen molar-refractivity contribution in [2.24, 2.45) is 0 Å². The number of nitrogens with zero attached hydrogens (tertiary/aromatic N) is 6. The molecule has 3 heterocycles. The summed E-state index contributed by atoms with van der Waals surface area (Å²) in [5.74, 6) is 0.808. The smallest absolute Gasteiger partial charge is 0.243 e. The van der Waals surface area contributed by atoms with Gasteiger partial charge in [0.15, 0.2) is 5.82 Å². The van der Waals surface area contributed by atoms with E-state index in [9.17, 15) is 12.8 Å². The minimum absolute atomic E-state index is 0.0280. The van der Waals surface area contributed by atoms with E-state index in [1.807, 2.05) is 30.9 Å². The van der Waals surface area contributed by atoms with E-state index in [2.05, 4.69) is 15.1 Å². The summed E-state index contributed by atoms with van der Waals surface area (Å²) >= 11 is 0. The topological polar surface area (TPSA) is 84.2 Å². The fourth-order valence-corrected chi connectivity index (χ4v) is 4.88. The van der Waals surface area contributed by atoms with Gasteiger partial charge in [0.2, 0.25) is 10.0 Å². The third-order valence-corrected chi connectivity index (χ3v) is 6.76. The molecule has 1 aromatic carbocycles. The highest BCUT2D eigenvalue weighted by Gasteiger charge is 2.29. The Morgan fingerprint density at radius 2 is 1.69 bits per heavy atom. The molecule has 0 spiro atoms. The maximum Gasteiger partial charge on any atom is 0.243 e. The number of hydrogen-bond acceptors (Lipinski definition) is 6. The lowest BCUT2D eigenvalue weighted by atomic mass is 10.3. The molecule has 3 aromatic rings. The van der Waals surface area contributed by atoms with Crippen molar-refractivity contribution >= 4 is 15.8 Å². The molecular weight excluding hydrogens is 395 g/mol. The van der Waals surface area contributed by atoms with Gasteiger partial charge in [-0.15, -0.1) is 0 Å². The average Bonchev–Trinajstić information content (AvgIpc) is 3.06. The van der Waals surface area contributed by atoms with Crippen LogP contribution in [-0.4, -0.2) is 58.7 Å². The van der Waals surface area contributed by atoms with Crippen molar-refractivity contribution in [3.63, 3.8) is 0 Å². The molecule has 29 heavy (non-hydrogen) atoms. The summed E-state index contributed by atoms with van der Waals surface area (Å²) in [4.78, 5) is 10.6. The van der Waals surface area contributed by atoms with Crippen LogP contribution in [0, 0.1) is 19.7 Å². The largest absolute Gasteiger partial charge is 0.354 e. The van der Waals surface area contributed by atoms with Crippen LogP contribution in [0.2, 0.25) is 0 Å². The predicted molar refractivity (Wildman–Crippen MR) is 106 cm³/mol. The van der Waals surface area contributed by atoms with Gasteiger partial charge in [-0.05, 0) is 38.1 Å². The Bertz CT molecular complexity index is 1140. The third kappa shape index (κ3) is 3.85. The zero-order valence-corrected chi connectivity index (χ0v) is 17.0. The summed E-state index contributed by atoms with van der Waals surface area (Å²) in [5, 5.41) is 4.44. The van der Waals surface area contributed by atoms with E-state index in [0.717, 1.165) is 17.5 Å². The highest BCUT2D eigenvalue weighted by Crippen LogP contribution is 2.21. The van der Waals surface area contributed by atoms with E-state index < -0.39 is 15.8 Å². The van der Waals surface area contributed by atoms with Crippen LogP contribution >= 0.6 is 0 Å². The van der Waals surface area contributed by atoms with E-state index in [4.69, 9.17) is 0 Å². The van der Waals surface area contributed by atoms with Crippen molar-refractivity contribution in [2.75, 3.05) is 31.1 Å². The zero-order valence-electron chi connectivity index (χ0n) is 16.2. The molecule has 2 aromatic heterocycles. The standard InChI is InChI=1S/C19H21FN6O2S/c1-14-10-15(2)26(23-14)19-12-18(21-13-22-19)24-6-8-25(9-7-24)29(27,28)17-5-3-4-16(20)11-17/h3-5,10-13H,6-9H2,1-2H3. The number of rotatable bonds is 4. The van der Waals surface area contributed by atoms with Crippen LogP contribution in [0.4, 0.5) is 10.2 Å². The summed E-state index contributed by atoms with van der Waals surface area (Å²) in [6.45, 7) is 5.40. The molecule has 0 amide bonds. The quantitative estimate of drug-likeness (QED) is 0.646. The molecule has 0 aliphatic carbocycles. The molecule has 0 radical (unpaired) electrons. The monoisotopic (exact) mass is 416 g/mol. The molecule has 0 unspecified atom stereocenters. The SMILES string of the molecule is Cc1cc(C)n(-c2cc(N3CCN(S(=O)(=O)c4cccc(F)c4)CC3)ncn2)n1. The normalized spacial score (nSPS) is 15.6. The van der Waals surface area contributed by atoms with Crippen LogP contribution in [0.15, 0.2) is 47.6 Å². The van der Waals surface area contributed by atoms with E-state index in [-0.39, 0.29) is 18.0 Å². The lowest BCUT2D eigenvalue weighted by Crippen LogP contribution is -2.49. The van der Waals surface area contributed by atoms with Crippen LogP contribution in [0.25, 0.3) is 5.82 Å². The second-order valence-electron chi connectivity index (χ2n) is 6.92. The summed E-state index contributed by atoms with van der Waals surface area (Å²) in [6.07, 6.45) is 1.48. The average molecular weight is 416 g/mol. The summed E-state index contributed by atoms with van der Waals surface area (Å²) in [7, 11) is -3.72. The Balaban J connectivity index is 1.50. The van der Waals surface area contributed by atoms with E-state index >= 15 is 0 Å². The van der Waals surface area contributed by atoms with E-state index in [1.165, 1.54) is 28.8 Å². The van der Waals surface area contributed by atoms with Crippen LogP contribution in [0.5, 0.6) is 0 Å². The number of sulfonamides is 1. The summed E-state index contributed by atoms with van der Waals surface area (Å²) in [5.41, 5.74) is 1.87. The number of aromatic nitrogens is 4. The predicted octanol–water partition coefficient (Wildman–Crippen LogP) is 1.93. The molecule has 1 aliphatic rings. The maximum atomic E-state index is 13.4. The highest BCUT2D eigenvalue weighted by molar-refractivity contribution is 7.89. The van der Waals surface area contributed by atoms with Gasteiger partial charge in [0.25, 0.3) is 0 Å². The second-order valence-corrected chi connectivity index (χ2v) is 8.86. The number of aryl methyl sites for hydroxylation is 2. The molecule has 0 bridgehead atoms. The third-order valence-electron chi connectivity index (χ3n) is 4.86. The Morgan fingerprint density at radius 3 is 2.34 bits per heavy atom. The summed E-state index contributed by atoms with van der Waals surface area (Å²) in [6, 6.07) is 8.91. The van der Waals surface area contributed by atoms with Crippen LogP contribution in [-0.2, 0) is 10.0 Å². The van der Waals surface area contributed by atoms with Gasteiger partial charge in [-0.25, -0.2) is 27.5 Å². The van der Waals surface area contributed by atoms with E-state index in [0.29, 0.717) is 24.7 Å². The van der Waals surface area contributed by atoms with Crippen molar-refractivity contribution < 1.29 is 12.8 Å². The molecule has 4 rings (SSSR count). The van der Waals surface area contributed by atoms with Gasteiger partial charge in [0, 0.05) is 37.9 Å². The van der Waals surface area contributed by atoms with Crippen LogP contribution < -0.4 is 4.90 Å². The fourth-order valence-electron chi connectivity index (χ4n) is 3.42. The van der Waals surface area contributed by atoms with E-state index in [1.54, 1.807) is 4.68 Å². The van der Waals surface area contributed by atoms with Gasteiger partial charge in [0.1, 0.15) is 18.0 Å².